The van der Waals surface area contributed by atoms with E-state index in [4.69, 9.17) is 14.2 Å². The van der Waals surface area contributed by atoms with E-state index in [1.807, 2.05) is 0 Å². The Bertz CT molecular complexity index is 2180. The Balaban J connectivity index is 1.95. The van der Waals surface area contributed by atoms with Gasteiger partial charge in [-0.05, 0) is 54.2 Å². The summed E-state index contributed by atoms with van der Waals surface area (Å²) < 4.78 is 21.0. The van der Waals surface area contributed by atoms with Gasteiger partial charge in [0.05, 0.1) is 6.42 Å². The molecule has 0 aliphatic rings. The van der Waals surface area contributed by atoms with Crippen LogP contribution in [0.2, 0.25) is 0 Å². The van der Waals surface area contributed by atoms with Crippen molar-refractivity contribution in [2.75, 3.05) is 12.3 Å². The Morgan fingerprint density at radius 3 is 1.92 bits per heavy atom. The van der Waals surface area contributed by atoms with E-state index in [0.717, 1.165) is 12.1 Å². The number of carbonyl (C=O) groups excluding carboxylic acids is 5. The van der Waals surface area contributed by atoms with Gasteiger partial charge in [0.2, 0.25) is 29.5 Å². The molecular weight excluding hydrogens is 845 g/mol. The molecule has 10 N–H and O–H groups in total. The first-order valence-corrected chi connectivity index (χ1v) is 21.0. The highest BCUT2D eigenvalue weighted by molar-refractivity contribution is 7.80. The topological polar surface area (TPSA) is 337 Å². The third-order valence-corrected chi connectivity index (χ3v) is 9.84. The number of carboxylic acid groups (broad SMARTS) is 2. The van der Waals surface area contributed by atoms with Crippen LogP contribution in [0.3, 0.4) is 0 Å². The number of phosphoric acid groups is 1. The molecule has 0 unspecified atom stereocenters. The summed E-state index contributed by atoms with van der Waals surface area (Å²) in [5.41, 5.74) is -0.424. The molecule has 21 nitrogen and oxygen atoms in total. The molecular formula is C38H48N5O16PS. The predicted octanol–water partition coefficient (Wildman–Crippen LogP) is 0.516. The third kappa shape index (κ3) is 16.5. The molecule has 1 aromatic heterocycles. The van der Waals surface area contributed by atoms with Crippen molar-refractivity contribution in [3.63, 3.8) is 0 Å². The van der Waals surface area contributed by atoms with E-state index in [1.54, 1.807) is 13.8 Å². The number of aromatic hydroxyl groups is 1. The van der Waals surface area contributed by atoms with Gasteiger partial charge < -0.3 is 50.8 Å². The smallest absolute Gasteiger partial charge is 0.508 e. The molecule has 0 radical (unpaired) electrons. The number of fused-ring (bicyclic) bond motifs is 1. The average molecular weight is 894 g/mol. The maximum atomic E-state index is 14.0. The summed E-state index contributed by atoms with van der Waals surface area (Å²) in [4.78, 5) is 122. The summed E-state index contributed by atoms with van der Waals surface area (Å²) in [6.07, 6.45) is -2.69. The summed E-state index contributed by atoms with van der Waals surface area (Å²) in [5, 5.41) is 41.5. The van der Waals surface area contributed by atoms with E-state index in [9.17, 15) is 58.2 Å². The molecule has 3 aromatic rings. The predicted molar refractivity (Wildman–Crippen MR) is 218 cm³/mol. The average Bonchev–Trinajstić information content (AvgIpc) is 3.17. The molecule has 3 rings (SSSR count). The van der Waals surface area contributed by atoms with Crippen molar-refractivity contribution in [1.82, 2.24) is 26.6 Å². The fourth-order valence-electron chi connectivity index (χ4n) is 5.91. The summed E-state index contributed by atoms with van der Waals surface area (Å²) >= 11 is 4.06. The van der Waals surface area contributed by atoms with Gasteiger partial charge in [-0.15, -0.1) is 0 Å². The zero-order valence-corrected chi connectivity index (χ0v) is 34.8. The first kappa shape index (κ1) is 49.4. The lowest BCUT2D eigenvalue weighted by molar-refractivity contribution is -0.140. The summed E-state index contributed by atoms with van der Waals surface area (Å²) in [6.45, 7) is 3.64. The molecule has 61 heavy (non-hydrogen) atoms. The molecule has 0 bridgehead atoms. The maximum Gasteiger partial charge on any atom is 0.524 e. The highest BCUT2D eigenvalue weighted by Gasteiger charge is 2.33. The van der Waals surface area contributed by atoms with E-state index in [2.05, 4.69) is 43.7 Å². The first-order valence-electron chi connectivity index (χ1n) is 18.8. The number of hydrogen-bond donors (Lipinski definition) is 11. The van der Waals surface area contributed by atoms with Gasteiger partial charge in [-0.3, -0.25) is 43.3 Å². The van der Waals surface area contributed by atoms with Crippen molar-refractivity contribution in [2.24, 2.45) is 5.92 Å². The Morgan fingerprint density at radius 2 is 1.38 bits per heavy atom. The molecule has 0 aliphatic carbocycles. The van der Waals surface area contributed by atoms with Crippen LogP contribution >= 0.6 is 20.5 Å². The minimum atomic E-state index is -4.93. The number of thiol groups is 1. The van der Waals surface area contributed by atoms with Crippen LogP contribution in [0.25, 0.3) is 11.0 Å². The SMILES string of the molecule is CC[C@H](C)[C@H](NC(=O)[C@H](CCC(=O)O)NC(=O)[C@H](CCC(=O)O)NC(=O)[C@H](Cc1ccc(OP(=O)(O)O)cc1)NC(=O)Cc1cc(=O)oc2cc(O)ccc12)C(=O)NCCS. The highest BCUT2D eigenvalue weighted by Crippen LogP contribution is 2.37. The van der Waals surface area contributed by atoms with Crippen LogP contribution in [0.15, 0.2) is 57.7 Å². The van der Waals surface area contributed by atoms with Crippen molar-refractivity contribution in [1.29, 1.82) is 0 Å². The monoisotopic (exact) mass is 893 g/mol. The lowest BCUT2D eigenvalue weighted by atomic mass is 9.97. The minimum absolute atomic E-state index is 0.0306. The molecule has 332 valence electrons. The molecule has 0 saturated carbocycles. The van der Waals surface area contributed by atoms with Gasteiger partial charge in [0.15, 0.2) is 0 Å². The van der Waals surface area contributed by atoms with Crippen molar-refractivity contribution >= 4 is 72.9 Å². The Morgan fingerprint density at radius 1 is 0.803 bits per heavy atom. The molecule has 0 fully saturated rings. The number of hydrogen-bond acceptors (Lipinski definition) is 13. The molecule has 5 atom stereocenters. The first-order chi connectivity index (χ1) is 28.7. The van der Waals surface area contributed by atoms with Crippen LogP contribution in [0, 0.1) is 5.92 Å². The standard InChI is InChI=1S/C38H48N5O16PS/c1-3-20(2)34(38(54)39-14-15-61)43-36(52)27(11-13-32(48)49)41-35(51)26(10-12-31(46)47)42-37(53)28(16-21-4-7-24(8-5-21)59-60(55,56)57)40-30(45)17-22-18-33(50)58-29-19-23(44)6-9-25(22)29/h4-9,18-20,26-28,34,44,61H,3,10-17H2,1-2H3,(H,39,54)(H,40,45)(H,41,51)(H,42,53)(H,43,52)(H,46,47)(H,48,49)(H2,55,56,57)/t20-,26-,27-,28-,34-/m0/s1. The quantitative estimate of drug-likeness (QED) is 0.0332. The van der Waals surface area contributed by atoms with E-state index in [-0.39, 0.29) is 41.0 Å². The summed E-state index contributed by atoms with van der Waals surface area (Å²) in [5.74, 6) is -7.70. The van der Waals surface area contributed by atoms with Gasteiger partial charge in [0, 0.05) is 49.1 Å². The number of benzene rings is 2. The van der Waals surface area contributed by atoms with E-state index in [0.29, 0.717) is 17.7 Å². The van der Waals surface area contributed by atoms with E-state index >= 15 is 0 Å². The van der Waals surface area contributed by atoms with Gasteiger partial charge in [0.1, 0.15) is 41.2 Å². The van der Waals surface area contributed by atoms with Crippen LogP contribution in [0.1, 0.15) is 57.1 Å². The lowest BCUT2D eigenvalue weighted by Crippen LogP contribution is -2.59. The summed E-state index contributed by atoms with van der Waals surface area (Å²) in [7, 11) is -4.93. The number of carboxylic acids is 2. The second-order valence-corrected chi connectivity index (χ2v) is 15.5. The molecule has 0 aliphatic heterocycles. The third-order valence-electron chi connectivity index (χ3n) is 9.17. The van der Waals surface area contributed by atoms with Crippen molar-refractivity contribution < 1.29 is 72.2 Å². The number of phenolic OH excluding ortho intramolecular Hbond substituents is 1. The van der Waals surface area contributed by atoms with Gasteiger partial charge in [0.25, 0.3) is 0 Å². The van der Waals surface area contributed by atoms with E-state index < -0.39 is 117 Å². The Labute approximate surface area is 353 Å². The van der Waals surface area contributed by atoms with Gasteiger partial charge >= 0.3 is 25.4 Å². The fraction of sp³-hybridized carbons (Fsp3) is 0.421. The lowest BCUT2D eigenvalue weighted by Gasteiger charge is -2.28. The second-order valence-electron chi connectivity index (χ2n) is 13.9. The van der Waals surface area contributed by atoms with Crippen LogP contribution in [-0.4, -0.2) is 103 Å². The molecule has 23 heteroatoms. The number of nitrogens with one attached hydrogen (secondary N) is 5. The number of phenols is 1. The van der Waals surface area contributed by atoms with Gasteiger partial charge in [-0.2, -0.15) is 12.6 Å². The fourth-order valence-corrected chi connectivity index (χ4v) is 6.42. The summed E-state index contributed by atoms with van der Waals surface area (Å²) in [6, 6.07) is 3.99. The van der Waals surface area contributed by atoms with Crippen molar-refractivity contribution in [3.05, 3.63) is 70.1 Å². The normalized spacial score (nSPS) is 13.7. The van der Waals surface area contributed by atoms with Gasteiger partial charge in [-0.25, -0.2) is 9.36 Å². The Hall–Kier alpha value is -5.96. The molecule has 1 heterocycles. The number of carbonyl (C=O) groups is 7. The highest BCUT2D eigenvalue weighted by atomic mass is 32.1. The van der Waals surface area contributed by atoms with Crippen molar-refractivity contribution in [2.45, 2.75) is 83.0 Å². The van der Waals surface area contributed by atoms with Crippen LogP contribution in [-0.2, 0) is 51.0 Å². The second kappa shape index (κ2) is 23.1. The number of phosphoric ester groups is 1. The zero-order valence-electron chi connectivity index (χ0n) is 33.0. The Kier molecular flexibility index (Phi) is 18.7. The van der Waals surface area contributed by atoms with Crippen LogP contribution in [0.4, 0.5) is 0 Å². The van der Waals surface area contributed by atoms with E-state index in [1.165, 1.54) is 36.4 Å². The van der Waals surface area contributed by atoms with Crippen LogP contribution in [0.5, 0.6) is 11.5 Å². The molecule has 5 amide bonds. The van der Waals surface area contributed by atoms with Crippen LogP contribution < -0.4 is 36.7 Å². The molecule has 2 aromatic carbocycles. The largest absolute Gasteiger partial charge is 0.524 e. The number of aliphatic carboxylic acids is 2. The van der Waals surface area contributed by atoms with Gasteiger partial charge in [-0.1, -0.05) is 32.4 Å². The molecule has 0 saturated heterocycles. The number of rotatable bonds is 24. The zero-order chi connectivity index (χ0) is 45.4. The molecule has 0 spiro atoms. The van der Waals surface area contributed by atoms with Crippen molar-refractivity contribution in [3.8, 4) is 11.5 Å². The minimum Gasteiger partial charge on any atom is -0.508 e. The maximum absolute atomic E-state index is 14.0. The number of amides is 5.